The minimum absolute atomic E-state index is 0.0683. The number of rotatable bonds is 7. The van der Waals surface area contributed by atoms with Crippen molar-refractivity contribution in [1.29, 1.82) is 0 Å². The summed E-state index contributed by atoms with van der Waals surface area (Å²) < 4.78 is 5.09. The predicted molar refractivity (Wildman–Crippen MR) is 83.3 cm³/mol. The largest absolute Gasteiger partial charge is 0.396 e. The molecule has 5 heteroatoms. The second-order valence-corrected chi connectivity index (χ2v) is 5.38. The first-order valence-corrected chi connectivity index (χ1v) is 7.48. The van der Waals surface area contributed by atoms with Gasteiger partial charge in [-0.1, -0.05) is 35.5 Å². The molecule has 0 aliphatic rings. The van der Waals surface area contributed by atoms with Crippen LogP contribution in [0.15, 0.2) is 34.9 Å². The number of aliphatic hydroxyl groups excluding tert-OH is 1. The third-order valence-corrected chi connectivity index (χ3v) is 3.71. The molecule has 0 bridgehead atoms. The van der Waals surface area contributed by atoms with Crippen molar-refractivity contribution in [3.63, 3.8) is 0 Å². The number of amides is 1. The highest BCUT2D eigenvalue weighted by atomic mass is 16.5. The molecule has 118 valence electrons. The number of carbonyl (C=O) groups excluding carboxylic acids is 1. The highest BCUT2D eigenvalue weighted by Gasteiger charge is 2.17. The van der Waals surface area contributed by atoms with Gasteiger partial charge in [-0.2, -0.15) is 0 Å². The summed E-state index contributed by atoms with van der Waals surface area (Å²) in [5.74, 6) is 0.612. The summed E-state index contributed by atoms with van der Waals surface area (Å²) in [5.41, 5.74) is 2.63. The van der Waals surface area contributed by atoms with E-state index in [4.69, 9.17) is 9.63 Å². The quantitative estimate of drug-likeness (QED) is 0.824. The number of hydrogen-bond acceptors (Lipinski definition) is 4. The average molecular weight is 302 g/mol. The van der Waals surface area contributed by atoms with Gasteiger partial charge in [-0.05, 0) is 32.3 Å². The summed E-state index contributed by atoms with van der Waals surface area (Å²) in [4.78, 5) is 12.3. The van der Waals surface area contributed by atoms with Crippen LogP contribution in [0.2, 0.25) is 0 Å². The number of benzene rings is 1. The van der Waals surface area contributed by atoms with Crippen molar-refractivity contribution in [3.05, 3.63) is 52.9 Å². The summed E-state index contributed by atoms with van der Waals surface area (Å²) >= 11 is 0. The second-order valence-electron chi connectivity index (χ2n) is 5.38. The lowest BCUT2D eigenvalue weighted by atomic mass is 10.0. The third-order valence-electron chi connectivity index (χ3n) is 3.71. The maximum absolute atomic E-state index is 12.3. The van der Waals surface area contributed by atoms with Crippen LogP contribution in [0.5, 0.6) is 0 Å². The number of aryl methyl sites for hydroxylation is 2. The third kappa shape index (κ3) is 4.18. The van der Waals surface area contributed by atoms with Gasteiger partial charge in [0.25, 0.3) is 0 Å². The fourth-order valence-corrected chi connectivity index (χ4v) is 2.46. The highest BCUT2D eigenvalue weighted by molar-refractivity contribution is 5.79. The number of carbonyl (C=O) groups is 1. The number of nitrogens with one attached hydrogen (secondary N) is 1. The van der Waals surface area contributed by atoms with Crippen LogP contribution in [0, 0.1) is 13.8 Å². The van der Waals surface area contributed by atoms with E-state index in [0.29, 0.717) is 18.6 Å². The molecule has 5 nitrogen and oxygen atoms in total. The summed E-state index contributed by atoms with van der Waals surface area (Å²) in [6.07, 6.45) is 1.60. The molecule has 1 atom stereocenters. The Kier molecular flexibility index (Phi) is 5.72. The standard InChI is InChI=1S/C17H22N2O3/c1-12-15(13(2)22-19-12)11-17(21)18-16(9-6-10-20)14-7-4-3-5-8-14/h3-5,7-8,16,20H,6,9-11H2,1-2H3,(H,18,21). The highest BCUT2D eigenvalue weighted by Crippen LogP contribution is 2.19. The number of aromatic nitrogens is 1. The Morgan fingerprint density at radius 3 is 2.64 bits per heavy atom. The first-order valence-electron chi connectivity index (χ1n) is 7.48. The van der Waals surface area contributed by atoms with Gasteiger partial charge >= 0.3 is 0 Å². The molecule has 0 radical (unpaired) electrons. The number of hydrogen-bond donors (Lipinski definition) is 2. The Hall–Kier alpha value is -2.14. The molecule has 1 amide bonds. The molecule has 1 aromatic carbocycles. The molecule has 0 fully saturated rings. The zero-order valence-electron chi connectivity index (χ0n) is 13.0. The van der Waals surface area contributed by atoms with E-state index in [0.717, 1.165) is 16.8 Å². The zero-order chi connectivity index (χ0) is 15.9. The van der Waals surface area contributed by atoms with Crippen molar-refractivity contribution in [2.24, 2.45) is 0 Å². The van der Waals surface area contributed by atoms with Crippen molar-refractivity contribution >= 4 is 5.91 Å². The Bertz CT molecular complexity index is 588. The molecule has 0 saturated heterocycles. The molecule has 0 saturated carbocycles. The van der Waals surface area contributed by atoms with Crippen molar-refractivity contribution < 1.29 is 14.4 Å². The van der Waals surface area contributed by atoms with Gasteiger partial charge in [-0.25, -0.2) is 0 Å². The van der Waals surface area contributed by atoms with E-state index in [9.17, 15) is 4.79 Å². The normalized spacial score (nSPS) is 12.1. The average Bonchev–Trinajstić information content (AvgIpc) is 2.84. The summed E-state index contributed by atoms with van der Waals surface area (Å²) in [6, 6.07) is 9.71. The van der Waals surface area contributed by atoms with E-state index in [2.05, 4.69) is 10.5 Å². The SMILES string of the molecule is Cc1noc(C)c1CC(=O)NC(CCCO)c1ccccc1. The van der Waals surface area contributed by atoms with E-state index in [1.807, 2.05) is 44.2 Å². The van der Waals surface area contributed by atoms with Crippen LogP contribution >= 0.6 is 0 Å². The van der Waals surface area contributed by atoms with Crippen LogP contribution in [0.1, 0.15) is 41.5 Å². The summed E-state index contributed by atoms with van der Waals surface area (Å²) in [5, 5.41) is 16.0. The van der Waals surface area contributed by atoms with Crippen molar-refractivity contribution in [3.8, 4) is 0 Å². The minimum atomic E-state index is -0.0960. The van der Waals surface area contributed by atoms with Gasteiger partial charge in [0.05, 0.1) is 18.2 Å². The molecule has 0 spiro atoms. The van der Waals surface area contributed by atoms with Gasteiger partial charge < -0.3 is 14.9 Å². The van der Waals surface area contributed by atoms with Gasteiger partial charge in [0.15, 0.2) is 0 Å². The minimum Gasteiger partial charge on any atom is -0.396 e. The Balaban J connectivity index is 2.05. The molecule has 0 aliphatic carbocycles. The lowest BCUT2D eigenvalue weighted by molar-refractivity contribution is -0.121. The first-order chi connectivity index (χ1) is 10.6. The molecule has 2 rings (SSSR count). The Labute approximate surface area is 130 Å². The van der Waals surface area contributed by atoms with Gasteiger partial charge in [0, 0.05) is 12.2 Å². The van der Waals surface area contributed by atoms with Gasteiger partial charge in [0.1, 0.15) is 5.76 Å². The molecule has 1 unspecified atom stereocenters. The van der Waals surface area contributed by atoms with Crippen LogP contribution in [0.25, 0.3) is 0 Å². The molecule has 2 N–H and O–H groups in total. The maximum atomic E-state index is 12.3. The van der Waals surface area contributed by atoms with Gasteiger partial charge in [-0.3, -0.25) is 4.79 Å². The Morgan fingerprint density at radius 1 is 1.32 bits per heavy atom. The lowest BCUT2D eigenvalue weighted by Gasteiger charge is -2.19. The van der Waals surface area contributed by atoms with Gasteiger partial charge in [-0.15, -0.1) is 0 Å². The van der Waals surface area contributed by atoms with Crippen molar-refractivity contribution in [2.75, 3.05) is 6.61 Å². The van der Waals surface area contributed by atoms with E-state index in [-0.39, 0.29) is 25.0 Å². The smallest absolute Gasteiger partial charge is 0.225 e. The summed E-state index contributed by atoms with van der Waals surface area (Å²) in [6.45, 7) is 3.76. The predicted octanol–water partition coefficient (Wildman–Crippen LogP) is 2.46. The van der Waals surface area contributed by atoms with Crippen molar-refractivity contribution in [2.45, 2.75) is 39.2 Å². The molecular formula is C17H22N2O3. The number of nitrogens with zero attached hydrogens (tertiary/aromatic N) is 1. The monoisotopic (exact) mass is 302 g/mol. The van der Waals surface area contributed by atoms with Crippen LogP contribution in [0.4, 0.5) is 0 Å². The molecule has 22 heavy (non-hydrogen) atoms. The van der Waals surface area contributed by atoms with Crippen LogP contribution in [0.3, 0.4) is 0 Å². The summed E-state index contributed by atoms with van der Waals surface area (Å²) in [7, 11) is 0. The zero-order valence-corrected chi connectivity index (χ0v) is 13.0. The first kappa shape index (κ1) is 16.2. The molecule has 0 aliphatic heterocycles. The van der Waals surface area contributed by atoms with E-state index in [1.165, 1.54) is 0 Å². The Morgan fingerprint density at radius 2 is 2.05 bits per heavy atom. The molecular weight excluding hydrogens is 280 g/mol. The van der Waals surface area contributed by atoms with Crippen LogP contribution in [-0.2, 0) is 11.2 Å². The number of aliphatic hydroxyl groups is 1. The second kappa shape index (κ2) is 7.75. The molecule has 1 heterocycles. The fourth-order valence-electron chi connectivity index (χ4n) is 2.46. The van der Waals surface area contributed by atoms with Gasteiger partial charge in [0.2, 0.25) is 5.91 Å². The van der Waals surface area contributed by atoms with Crippen LogP contribution < -0.4 is 5.32 Å². The van der Waals surface area contributed by atoms with E-state index >= 15 is 0 Å². The van der Waals surface area contributed by atoms with E-state index < -0.39 is 0 Å². The molecule has 2 aromatic rings. The fraction of sp³-hybridized carbons (Fsp3) is 0.412. The van der Waals surface area contributed by atoms with E-state index in [1.54, 1.807) is 0 Å². The van der Waals surface area contributed by atoms with Crippen LogP contribution in [-0.4, -0.2) is 22.8 Å². The van der Waals surface area contributed by atoms with Crippen molar-refractivity contribution in [1.82, 2.24) is 10.5 Å². The topological polar surface area (TPSA) is 75.4 Å². The molecule has 1 aromatic heterocycles. The maximum Gasteiger partial charge on any atom is 0.225 e. The lowest BCUT2D eigenvalue weighted by Crippen LogP contribution is -2.30.